The highest BCUT2D eigenvalue weighted by atomic mass is 31.1. The molecule has 4 aromatic carbocycles. The quantitative estimate of drug-likeness (QED) is 0.208. The molecule has 0 aliphatic carbocycles. The summed E-state index contributed by atoms with van der Waals surface area (Å²) in [6.07, 6.45) is 1.66. The van der Waals surface area contributed by atoms with Crippen molar-refractivity contribution in [2.24, 2.45) is 4.99 Å². The third-order valence-corrected chi connectivity index (χ3v) is 7.24. The van der Waals surface area contributed by atoms with Crippen LogP contribution < -0.4 is 15.9 Å². The molecule has 0 saturated heterocycles. The first-order valence-corrected chi connectivity index (χ1v) is 11.0. The van der Waals surface area contributed by atoms with Crippen molar-refractivity contribution >= 4 is 41.4 Å². The molecule has 152 valence electrons. The standard InChI is InChI=1S/C25H19N2O3P/c28-24-16-15-20(27(29)30)17-23(24)26-18-19-9-7-8-14-25(19)31(21-10-3-1-4-11-21)22-12-5-2-6-13-22/h1-18,28H. The first-order chi connectivity index (χ1) is 15.1. The van der Waals surface area contributed by atoms with E-state index in [4.69, 9.17) is 0 Å². The van der Waals surface area contributed by atoms with Crippen LogP contribution in [0.2, 0.25) is 0 Å². The van der Waals surface area contributed by atoms with Crippen LogP contribution in [-0.4, -0.2) is 16.2 Å². The van der Waals surface area contributed by atoms with Crippen molar-refractivity contribution in [1.29, 1.82) is 0 Å². The molecule has 0 unspecified atom stereocenters. The molecule has 31 heavy (non-hydrogen) atoms. The zero-order valence-electron chi connectivity index (χ0n) is 16.5. The Labute approximate surface area is 181 Å². The van der Waals surface area contributed by atoms with E-state index in [2.05, 4.69) is 35.3 Å². The van der Waals surface area contributed by atoms with Gasteiger partial charge >= 0.3 is 0 Å². The molecule has 0 radical (unpaired) electrons. The summed E-state index contributed by atoms with van der Waals surface area (Å²) < 4.78 is 0. The van der Waals surface area contributed by atoms with Gasteiger partial charge in [-0.3, -0.25) is 15.1 Å². The molecular formula is C25H19N2O3P. The second-order valence-corrected chi connectivity index (χ2v) is 8.94. The number of aliphatic imine (C=N–C) groups is 1. The van der Waals surface area contributed by atoms with Crippen molar-refractivity contribution < 1.29 is 10.0 Å². The van der Waals surface area contributed by atoms with E-state index in [1.54, 1.807) is 6.21 Å². The molecule has 0 heterocycles. The molecule has 0 fully saturated rings. The Morgan fingerprint density at radius 1 is 0.806 bits per heavy atom. The van der Waals surface area contributed by atoms with E-state index < -0.39 is 12.8 Å². The maximum Gasteiger partial charge on any atom is 0.271 e. The van der Waals surface area contributed by atoms with Crippen LogP contribution >= 0.6 is 7.92 Å². The molecule has 0 amide bonds. The van der Waals surface area contributed by atoms with E-state index in [1.807, 2.05) is 54.6 Å². The summed E-state index contributed by atoms with van der Waals surface area (Å²) in [6, 6.07) is 32.4. The van der Waals surface area contributed by atoms with E-state index in [9.17, 15) is 15.2 Å². The number of nitrogens with zero attached hydrogens (tertiary/aromatic N) is 2. The van der Waals surface area contributed by atoms with Crippen LogP contribution in [0.5, 0.6) is 5.75 Å². The topological polar surface area (TPSA) is 75.7 Å². The summed E-state index contributed by atoms with van der Waals surface area (Å²) in [7, 11) is -0.833. The van der Waals surface area contributed by atoms with Gasteiger partial charge in [0.1, 0.15) is 11.4 Å². The lowest BCUT2D eigenvalue weighted by molar-refractivity contribution is -0.384. The number of hydrogen-bond acceptors (Lipinski definition) is 4. The molecule has 0 aromatic heterocycles. The van der Waals surface area contributed by atoms with Gasteiger partial charge in [0.15, 0.2) is 0 Å². The van der Waals surface area contributed by atoms with Gasteiger partial charge in [0, 0.05) is 23.9 Å². The molecule has 0 saturated carbocycles. The van der Waals surface area contributed by atoms with Gasteiger partial charge < -0.3 is 5.11 Å². The van der Waals surface area contributed by atoms with Crippen LogP contribution in [0, 0.1) is 10.1 Å². The van der Waals surface area contributed by atoms with Crippen molar-refractivity contribution in [1.82, 2.24) is 0 Å². The number of nitro benzene ring substituents is 1. The number of nitro groups is 1. The molecule has 4 rings (SSSR count). The van der Waals surface area contributed by atoms with Crippen LogP contribution in [0.25, 0.3) is 0 Å². The highest BCUT2D eigenvalue weighted by molar-refractivity contribution is 7.80. The Morgan fingerprint density at radius 2 is 1.39 bits per heavy atom. The Morgan fingerprint density at radius 3 is 2.00 bits per heavy atom. The van der Waals surface area contributed by atoms with Crippen LogP contribution in [0.15, 0.2) is 108 Å². The second-order valence-electron chi connectivity index (χ2n) is 6.75. The highest BCUT2D eigenvalue weighted by Crippen LogP contribution is 2.34. The minimum atomic E-state index is -0.833. The Balaban J connectivity index is 1.80. The van der Waals surface area contributed by atoms with Crippen LogP contribution in [0.4, 0.5) is 11.4 Å². The molecular weight excluding hydrogens is 407 g/mol. The summed E-state index contributed by atoms with van der Waals surface area (Å²) in [5.41, 5.74) is 0.939. The van der Waals surface area contributed by atoms with Crippen LogP contribution in [0.3, 0.4) is 0 Å². The van der Waals surface area contributed by atoms with E-state index >= 15 is 0 Å². The number of non-ortho nitro benzene ring substituents is 1. The molecule has 0 spiro atoms. The summed E-state index contributed by atoms with van der Waals surface area (Å²) in [6.45, 7) is 0. The highest BCUT2D eigenvalue weighted by Gasteiger charge is 2.18. The Kier molecular flexibility index (Phi) is 6.16. The number of benzene rings is 4. The molecule has 5 nitrogen and oxygen atoms in total. The summed E-state index contributed by atoms with van der Waals surface area (Å²) in [5, 5.41) is 24.7. The minimum Gasteiger partial charge on any atom is -0.506 e. The first kappa shape index (κ1) is 20.5. The Bertz CT molecular complexity index is 1190. The van der Waals surface area contributed by atoms with Crippen molar-refractivity contribution in [2.75, 3.05) is 0 Å². The molecule has 0 aliphatic rings. The molecule has 6 heteroatoms. The predicted octanol–water partition coefficient (Wildman–Crippen LogP) is 4.81. The fourth-order valence-corrected chi connectivity index (χ4v) is 5.67. The van der Waals surface area contributed by atoms with Gasteiger partial charge in [-0.1, -0.05) is 84.9 Å². The number of aromatic hydroxyl groups is 1. The monoisotopic (exact) mass is 426 g/mol. The van der Waals surface area contributed by atoms with Gasteiger partial charge in [-0.2, -0.15) is 0 Å². The molecule has 0 atom stereocenters. The molecule has 0 aliphatic heterocycles. The van der Waals surface area contributed by atoms with Gasteiger partial charge in [-0.15, -0.1) is 0 Å². The number of hydrogen-bond donors (Lipinski definition) is 1. The number of phenols is 1. The largest absolute Gasteiger partial charge is 0.506 e. The van der Waals surface area contributed by atoms with Crippen molar-refractivity contribution in [3.63, 3.8) is 0 Å². The average Bonchev–Trinajstić information content (AvgIpc) is 2.81. The smallest absolute Gasteiger partial charge is 0.271 e. The van der Waals surface area contributed by atoms with E-state index in [1.165, 1.54) is 28.8 Å². The van der Waals surface area contributed by atoms with E-state index in [-0.39, 0.29) is 17.1 Å². The summed E-state index contributed by atoms with van der Waals surface area (Å²) >= 11 is 0. The zero-order chi connectivity index (χ0) is 21.6. The van der Waals surface area contributed by atoms with Crippen LogP contribution in [-0.2, 0) is 0 Å². The van der Waals surface area contributed by atoms with Gasteiger partial charge in [0.2, 0.25) is 0 Å². The van der Waals surface area contributed by atoms with E-state index in [0.29, 0.717) is 0 Å². The molecule has 1 N–H and O–H groups in total. The Hall–Kier alpha value is -3.82. The van der Waals surface area contributed by atoms with E-state index in [0.717, 1.165) is 10.9 Å². The zero-order valence-corrected chi connectivity index (χ0v) is 17.4. The third-order valence-electron chi connectivity index (χ3n) is 4.72. The fraction of sp³-hybridized carbons (Fsp3) is 0. The molecule has 0 bridgehead atoms. The average molecular weight is 426 g/mol. The predicted molar refractivity (Wildman–Crippen MR) is 127 cm³/mol. The van der Waals surface area contributed by atoms with Gasteiger partial charge in [-0.25, -0.2) is 0 Å². The normalized spacial score (nSPS) is 11.1. The first-order valence-electron chi connectivity index (χ1n) is 9.64. The van der Waals surface area contributed by atoms with Gasteiger partial charge in [0.25, 0.3) is 5.69 Å². The third kappa shape index (κ3) is 4.68. The lowest BCUT2D eigenvalue weighted by Gasteiger charge is -2.21. The molecule has 4 aromatic rings. The van der Waals surface area contributed by atoms with Crippen molar-refractivity contribution in [3.8, 4) is 5.75 Å². The lowest BCUT2D eigenvalue weighted by atomic mass is 10.2. The van der Waals surface area contributed by atoms with Gasteiger partial charge in [0.05, 0.1) is 4.92 Å². The SMILES string of the molecule is O=[N+]([O-])c1ccc(O)c(N=Cc2ccccc2P(c2ccccc2)c2ccccc2)c1. The fourth-order valence-electron chi connectivity index (χ4n) is 3.25. The number of phenolic OH excluding ortho intramolecular Hbond substituents is 1. The van der Waals surface area contributed by atoms with Crippen LogP contribution in [0.1, 0.15) is 5.56 Å². The van der Waals surface area contributed by atoms with Gasteiger partial charge in [-0.05, 0) is 29.9 Å². The lowest BCUT2D eigenvalue weighted by Crippen LogP contribution is -2.23. The van der Waals surface area contributed by atoms with Crippen molar-refractivity contribution in [3.05, 3.63) is 119 Å². The summed E-state index contributed by atoms with van der Waals surface area (Å²) in [4.78, 5) is 14.9. The maximum absolute atomic E-state index is 11.1. The summed E-state index contributed by atoms with van der Waals surface area (Å²) in [5.74, 6) is -0.104. The van der Waals surface area contributed by atoms with Crippen molar-refractivity contribution in [2.45, 2.75) is 0 Å². The second kappa shape index (κ2) is 9.33. The minimum absolute atomic E-state index is 0.104. The number of rotatable bonds is 6. The maximum atomic E-state index is 11.1.